The first-order chi connectivity index (χ1) is 10.1. The maximum absolute atomic E-state index is 5.84. The smallest absolute Gasteiger partial charge is 0.162 e. The van der Waals surface area contributed by atoms with Crippen LogP contribution >= 0.6 is 0 Å². The van der Waals surface area contributed by atoms with Crippen LogP contribution < -0.4 is 5.32 Å². The molecule has 0 bridgehead atoms. The summed E-state index contributed by atoms with van der Waals surface area (Å²) in [6.07, 6.45) is 1.08. The molecule has 2 N–H and O–H groups in total. The first-order valence-electron chi connectivity index (χ1n) is 7.75. The van der Waals surface area contributed by atoms with E-state index in [1.165, 1.54) is 22.2 Å². The lowest BCUT2D eigenvalue weighted by Crippen LogP contribution is -2.46. The Kier molecular flexibility index (Phi) is 3.06. The largest absolute Gasteiger partial charge is 0.357 e. The van der Waals surface area contributed by atoms with Gasteiger partial charge in [0.2, 0.25) is 0 Å². The molecule has 4 nitrogen and oxygen atoms in total. The molecule has 2 aliphatic heterocycles. The molecule has 1 aromatic heterocycles. The maximum Gasteiger partial charge on any atom is 0.162 e. The molecule has 2 aliphatic rings. The number of hydrogen-bond donors (Lipinski definition) is 2. The van der Waals surface area contributed by atoms with Gasteiger partial charge in [0.05, 0.1) is 19.3 Å². The molecule has 1 fully saturated rings. The highest BCUT2D eigenvalue weighted by atomic mass is 16.7. The highest BCUT2D eigenvalue weighted by Crippen LogP contribution is 2.36. The van der Waals surface area contributed by atoms with Crippen LogP contribution in [0.2, 0.25) is 0 Å². The van der Waals surface area contributed by atoms with Gasteiger partial charge in [-0.25, -0.2) is 0 Å². The number of aromatic nitrogens is 1. The van der Waals surface area contributed by atoms with Gasteiger partial charge in [-0.15, -0.1) is 0 Å². The number of H-pyrrole nitrogens is 1. The summed E-state index contributed by atoms with van der Waals surface area (Å²) in [5, 5.41) is 5.00. The van der Waals surface area contributed by atoms with Crippen LogP contribution in [0.1, 0.15) is 31.1 Å². The Morgan fingerprint density at radius 1 is 1.14 bits per heavy atom. The van der Waals surface area contributed by atoms with Gasteiger partial charge in [-0.2, -0.15) is 0 Å². The number of rotatable bonds is 1. The Morgan fingerprint density at radius 3 is 2.71 bits per heavy atom. The fourth-order valence-corrected chi connectivity index (χ4v) is 3.51. The summed E-state index contributed by atoms with van der Waals surface area (Å²) in [4.78, 5) is 3.61. The Labute approximate surface area is 124 Å². The number of aromatic amines is 1. The highest BCUT2D eigenvalue weighted by molar-refractivity contribution is 5.85. The van der Waals surface area contributed by atoms with Crippen molar-refractivity contribution in [1.82, 2.24) is 10.3 Å². The van der Waals surface area contributed by atoms with E-state index in [0.717, 1.165) is 26.2 Å². The van der Waals surface area contributed by atoms with Crippen LogP contribution in [0.4, 0.5) is 0 Å². The first-order valence-corrected chi connectivity index (χ1v) is 7.75. The van der Waals surface area contributed by atoms with E-state index < -0.39 is 5.79 Å². The molecule has 1 aromatic carbocycles. The maximum atomic E-state index is 5.84. The summed E-state index contributed by atoms with van der Waals surface area (Å²) in [7, 11) is 0. The Hall–Kier alpha value is -1.36. The van der Waals surface area contributed by atoms with Gasteiger partial charge in [0.15, 0.2) is 5.79 Å². The third-order valence-electron chi connectivity index (χ3n) is 4.66. The monoisotopic (exact) mass is 286 g/mol. The van der Waals surface area contributed by atoms with E-state index in [-0.39, 0.29) is 6.04 Å². The third kappa shape index (κ3) is 2.27. The molecular formula is C17H22N2O2. The van der Waals surface area contributed by atoms with Crippen LogP contribution in [-0.2, 0) is 15.9 Å². The molecule has 1 unspecified atom stereocenters. The van der Waals surface area contributed by atoms with Crippen molar-refractivity contribution in [2.24, 2.45) is 5.92 Å². The van der Waals surface area contributed by atoms with Crippen molar-refractivity contribution in [3.05, 3.63) is 35.5 Å². The molecule has 3 heterocycles. The number of nitrogens with one attached hydrogen (secondary N) is 2. The zero-order chi connectivity index (χ0) is 14.4. The molecular weight excluding hydrogens is 264 g/mol. The summed E-state index contributed by atoms with van der Waals surface area (Å²) in [5.74, 6) is -0.0980. The fourth-order valence-electron chi connectivity index (χ4n) is 3.51. The van der Waals surface area contributed by atoms with Crippen molar-refractivity contribution in [2.75, 3.05) is 19.8 Å². The van der Waals surface area contributed by atoms with Crippen LogP contribution in [0.15, 0.2) is 24.3 Å². The number of benzene rings is 1. The van der Waals surface area contributed by atoms with E-state index >= 15 is 0 Å². The van der Waals surface area contributed by atoms with Crippen molar-refractivity contribution in [3.63, 3.8) is 0 Å². The van der Waals surface area contributed by atoms with Gasteiger partial charge >= 0.3 is 0 Å². The van der Waals surface area contributed by atoms with Crippen molar-refractivity contribution >= 4 is 10.9 Å². The lowest BCUT2D eigenvalue weighted by Gasteiger charge is -2.39. The van der Waals surface area contributed by atoms with Gasteiger partial charge in [0.25, 0.3) is 0 Å². The second-order valence-corrected chi connectivity index (χ2v) is 6.53. The highest BCUT2D eigenvalue weighted by Gasteiger charge is 2.36. The molecule has 1 atom stereocenters. The molecule has 0 saturated carbocycles. The standard InChI is InChI=1S/C17H22N2O2/c1-17(2)20-9-11(10-21-17)15-16-13(7-8-18-15)12-5-3-4-6-14(12)19-16/h3-6,11,15,18-19H,7-10H2,1-2H3. The Morgan fingerprint density at radius 2 is 1.90 bits per heavy atom. The van der Waals surface area contributed by atoms with E-state index in [1.807, 2.05) is 13.8 Å². The molecule has 4 rings (SSSR count). The minimum absolute atomic E-state index is 0.289. The summed E-state index contributed by atoms with van der Waals surface area (Å²) >= 11 is 0. The zero-order valence-corrected chi connectivity index (χ0v) is 12.6. The normalized spacial score (nSPS) is 25.9. The second-order valence-electron chi connectivity index (χ2n) is 6.53. The molecule has 4 heteroatoms. The molecule has 0 aliphatic carbocycles. The van der Waals surface area contributed by atoms with Crippen LogP contribution in [0.5, 0.6) is 0 Å². The summed E-state index contributed by atoms with van der Waals surface area (Å²) in [5.41, 5.74) is 4.01. The molecule has 2 aromatic rings. The van der Waals surface area contributed by atoms with Crippen molar-refractivity contribution in [2.45, 2.75) is 32.1 Å². The topological polar surface area (TPSA) is 46.3 Å². The molecule has 0 spiro atoms. The predicted molar refractivity (Wildman–Crippen MR) is 82.2 cm³/mol. The third-order valence-corrected chi connectivity index (χ3v) is 4.66. The van der Waals surface area contributed by atoms with Gasteiger partial charge in [-0.3, -0.25) is 0 Å². The van der Waals surface area contributed by atoms with Gasteiger partial charge in [-0.05, 0) is 38.4 Å². The second kappa shape index (κ2) is 4.83. The summed E-state index contributed by atoms with van der Waals surface area (Å²) in [6.45, 7) is 6.44. The van der Waals surface area contributed by atoms with Crippen LogP contribution in [0.3, 0.4) is 0 Å². The molecule has 112 valence electrons. The van der Waals surface area contributed by atoms with Crippen LogP contribution in [-0.4, -0.2) is 30.5 Å². The SMILES string of the molecule is CC1(C)OCC(C2NCCc3c2[nH]c2ccccc32)CO1. The summed E-state index contributed by atoms with van der Waals surface area (Å²) < 4.78 is 11.7. The number of para-hydroxylation sites is 1. The van der Waals surface area contributed by atoms with E-state index in [1.54, 1.807) is 0 Å². The van der Waals surface area contributed by atoms with Crippen LogP contribution in [0, 0.1) is 5.92 Å². The van der Waals surface area contributed by atoms with E-state index in [0.29, 0.717) is 5.92 Å². The number of hydrogen-bond acceptors (Lipinski definition) is 3. The predicted octanol–water partition coefficient (Wildman–Crippen LogP) is 2.75. The Balaban J connectivity index is 1.67. The van der Waals surface area contributed by atoms with Crippen molar-refractivity contribution < 1.29 is 9.47 Å². The van der Waals surface area contributed by atoms with Crippen molar-refractivity contribution in [1.29, 1.82) is 0 Å². The van der Waals surface area contributed by atoms with Gasteiger partial charge < -0.3 is 19.8 Å². The average Bonchev–Trinajstić information content (AvgIpc) is 2.86. The van der Waals surface area contributed by atoms with E-state index in [2.05, 4.69) is 34.6 Å². The van der Waals surface area contributed by atoms with Gasteiger partial charge in [-0.1, -0.05) is 18.2 Å². The molecule has 1 saturated heterocycles. The van der Waals surface area contributed by atoms with E-state index in [4.69, 9.17) is 9.47 Å². The number of fused-ring (bicyclic) bond motifs is 3. The molecule has 0 radical (unpaired) electrons. The van der Waals surface area contributed by atoms with E-state index in [9.17, 15) is 0 Å². The quantitative estimate of drug-likeness (QED) is 0.847. The lowest BCUT2D eigenvalue weighted by molar-refractivity contribution is -0.265. The number of ether oxygens (including phenoxy) is 2. The van der Waals surface area contributed by atoms with Gasteiger partial charge in [0.1, 0.15) is 0 Å². The van der Waals surface area contributed by atoms with Crippen molar-refractivity contribution in [3.8, 4) is 0 Å². The van der Waals surface area contributed by atoms with Crippen LogP contribution in [0.25, 0.3) is 10.9 Å². The summed E-state index contributed by atoms with van der Waals surface area (Å²) in [6, 6.07) is 8.86. The minimum Gasteiger partial charge on any atom is -0.357 e. The average molecular weight is 286 g/mol. The fraction of sp³-hybridized carbons (Fsp3) is 0.529. The van der Waals surface area contributed by atoms with Gasteiger partial charge in [0, 0.05) is 22.5 Å². The zero-order valence-electron chi connectivity index (χ0n) is 12.6. The molecule has 0 amide bonds. The molecule has 21 heavy (non-hydrogen) atoms. The first kappa shape index (κ1) is 13.3. The minimum atomic E-state index is -0.450. The lowest BCUT2D eigenvalue weighted by atomic mass is 9.90. The Bertz CT molecular complexity index is 652.